The fourth-order valence-corrected chi connectivity index (χ4v) is 3.97. The predicted molar refractivity (Wildman–Crippen MR) is 113 cm³/mol. The van der Waals surface area contributed by atoms with Gasteiger partial charge in [0.25, 0.3) is 0 Å². The van der Waals surface area contributed by atoms with Crippen LogP contribution >= 0.6 is 0 Å². The third-order valence-electron chi connectivity index (χ3n) is 5.58. The van der Waals surface area contributed by atoms with Crippen LogP contribution in [0.3, 0.4) is 0 Å². The molecule has 0 saturated carbocycles. The van der Waals surface area contributed by atoms with Gasteiger partial charge in [-0.1, -0.05) is 24.3 Å². The maximum Gasteiger partial charge on any atom is 0.573 e. The summed E-state index contributed by atoms with van der Waals surface area (Å²) in [6.45, 7) is -1.47. The summed E-state index contributed by atoms with van der Waals surface area (Å²) in [5.74, 6) is -5.48. The Bertz CT molecular complexity index is 1270. The summed E-state index contributed by atoms with van der Waals surface area (Å²) < 4.78 is 129. The molecule has 3 aromatic rings. The molecule has 4 nitrogen and oxygen atoms in total. The fourth-order valence-electron chi connectivity index (χ4n) is 3.97. The Hall–Kier alpha value is -3.61. The zero-order valence-corrected chi connectivity index (χ0v) is 18.4. The Morgan fingerprint density at radius 1 is 0.946 bits per heavy atom. The Morgan fingerprint density at radius 2 is 1.59 bits per heavy atom. The van der Waals surface area contributed by atoms with E-state index in [0.717, 1.165) is 17.0 Å². The monoisotopic (exact) mass is 537 g/mol. The van der Waals surface area contributed by atoms with Crippen molar-refractivity contribution < 1.29 is 54.1 Å². The SMILES string of the molecule is O[C@H](CN1c2cccc(-c3cc(F)c(F)c(F)c3)c2OCC1c1cccc(OC(F)(F)F)c1)C(F)(F)F. The lowest BCUT2D eigenvalue weighted by Crippen LogP contribution is -2.46. The molecule has 0 fully saturated rings. The standard InChI is InChI=1S/C24H16F9NO3/c25-16-8-13(9-17(26)21(16)27)15-5-2-6-18-22(15)36-11-19(34(18)10-20(35)23(28,29)30)12-3-1-4-14(7-12)37-24(31,32)33/h1-9,19-20,35H,10-11H2/t19?,20-/m1/s1. The van der Waals surface area contributed by atoms with Gasteiger partial charge in [0.2, 0.25) is 0 Å². The number of rotatable bonds is 5. The molecule has 4 rings (SSSR count). The molecule has 1 N–H and O–H groups in total. The normalized spacial score (nSPS) is 16.7. The van der Waals surface area contributed by atoms with Crippen molar-refractivity contribution in [1.29, 1.82) is 0 Å². The highest BCUT2D eigenvalue weighted by Crippen LogP contribution is 2.46. The van der Waals surface area contributed by atoms with E-state index < -0.39 is 61.0 Å². The van der Waals surface area contributed by atoms with Crippen LogP contribution in [0.15, 0.2) is 54.6 Å². The number of fused-ring (bicyclic) bond motifs is 1. The summed E-state index contributed by atoms with van der Waals surface area (Å²) in [7, 11) is 0. The maximum absolute atomic E-state index is 13.9. The first-order valence-electron chi connectivity index (χ1n) is 10.5. The lowest BCUT2D eigenvalue weighted by Gasteiger charge is -2.40. The van der Waals surface area contributed by atoms with Gasteiger partial charge in [-0.05, 0) is 41.5 Å². The molecular formula is C24H16F9NO3. The molecule has 0 amide bonds. The average molecular weight is 537 g/mol. The highest BCUT2D eigenvalue weighted by molar-refractivity contribution is 5.80. The molecule has 0 radical (unpaired) electrons. The number of anilines is 1. The van der Waals surface area contributed by atoms with Crippen molar-refractivity contribution in [2.75, 3.05) is 18.1 Å². The Balaban J connectivity index is 1.81. The molecule has 0 spiro atoms. The van der Waals surface area contributed by atoms with Crippen LogP contribution in [-0.2, 0) is 0 Å². The number of hydrogen-bond acceptors (Lipinski definition) is 4. The van der Waals surface area contributed by atoms with E-state index in [1.54, 1.807) is 0 Å². The third-order valence-corrected chi connectivity index (χ3v) is 5.58. The van der Waals surface area contributed by atoms with Crippen molar-refractivity contribution in [2.45, 2.75) is 24.7 Å². The van der Waals surface area contributed by atoms with E-state index >= 15 is 0 Å². The number of β-amino-alcohol motifs (C(OH)–C–C–N with tert-alkyl or cyclic N) is 1. The molecule has 0 aliphatic carbocycles. The van der Waals surface area contributed by atoms with Crippen molar-refractivity contribution >= 4 is 5.69 Å². The summed E-state index contributed by atoms with van der Waals surface area (Å²) in [6.07, 6.45) is -12.9. The predicted octanol–water partition coefficient (Wildman–Crippen LogP) is 6.53. The minimum Gasteiger partial charge on any atom is -0.488 e. The Labute approximate surface area is 203 Å². The quantitative estimate of drug-likeness (QED) is 0.297. The lowest BCUT2D eigenvalue weighted by molar-refractivity contribution is -0.274. The molecular weight excluding hydrogens is 521 g/mol. The first kappa shape index (κ1) is 26.5. The molecule has 0 aromatic heterocycles. The van der Waals surface area contributed by atoms with Crippen molar-refractivity contribution in [3.8, 4) is 22.6 Å². The smallest absolute Gasteiger partial charge is 0.488 e. The molecule has 37 heavy (non-hydrogen) atoms. The Kier molecular flexibility index (Phi) is 6.93. The maximum atomic E-state index is 13.9. The van der Waals surface area contributed by atoms with E-state index in [1.807, 2.05) is 0 Å². The van der Waals surface area contributed by atoms with Crippen LogP contribution in [0.25, 0.3) is 11.1 Å². The van der Waals surface area contributed by atoms with Gasteiger partial charge in [-0.2, -0.15) is 13.2 Å². The van der Waals surface area contributed by atoms with E-state index in [4.69, 9.17) is 4.74 Å². The number of nitrogens with zero attached hydrogens (tertiary/aromatic N) is 1. The van der Waals surface area contributed by atoms with Gasteiger partial charge in [-0.15, -0.1) is 13.2 Å². The topological polar surface area (TPSA) is 41.9 Å². The highest BCUT2D eigenvalue weighted by Gasteiger charge is 2.42. The molecule has 198 valence electrons. The summed E-state index contributed by atoms with van der Waals surface area (Å²) in [5, 5.41) is 9.80. The number of para-hydroxylation sites is 1. The molecule has 1 aliphatic heterocycles. The largest absolute Gasteiger partial charge is 0.573 e. The number of benzene rings is 3. The van der Waals surface area contributed by atoms with Gasteiger partial charge in [-0.25, -0.2) is 13.2 Å². The number of hydrogen-bond donors (Lipinski definition) is 1. The van der Waals surface area contributed by atoms with Crippen molar-refractivity contribution in [3.05, 3.63) is 77.6 Å². The van der Waals surface area contributed by atoms with Gasteiger partial charge in [0.15, 0.2) is 29.3 Å². The Morgan fingerprint density at radius 3 is 2.22 bits per heavy atom. The van der Waals surface area contributed by atoms with Crippen molar-refractivity contribution in [2.24, 2.45) is 0 Å². The van der Waals surface area contributed by atoms with Gasteiger partial charge < -0.3 is 19.5 Å². The third kappa shape index (κ3) is 5.71. The second-order valence-electron chi connectivity index (χ2n) is 8.06. The minimum atomic E-state index is -5.04. The first-order valence-corrected chi connectivity index (χ1v) is 10.5. The van der Waals surface area contributed by atoms with Gasteiger partial charge in [0, 0.05) is 5.56 Å². The van der Waals surface area contributed by atoms with Crippen LogP contribution in [-0.4, -0.2) is 36.9 Å². The zero-order valence-electron chi connectivity index (χ0n) is 18.4. The van der Waals surface area contributed by atoms with E-state index in [9.17, 15) is 44.6 Å². The first-order chi connectivity index (χ1) is 17.2. The van der Waals surface area contributed by atoms with Crippen LogP contribution in [0.5, 0.6) is 11.5 Å². The molecule has 0 saturated heterocycles. The number of aliphatic hydroxyl groups is 1. The van der Waals surface area contributed by atoms with Crippen LogP contribution in [0.1, 0.15) is 11.6 Å². The summed E-state index contributed by atoms with van der Waals surface area (Å²) in [4.78, 5) is 1.06. The van der Waals surface area contributed by atoms with Crippen LogP contribution < -0.4 is 14.4 Å². The van der Waals surface area contributed by atoms with Crippen LogP contribution in [0, 0.1) is 17.5 Å². The van der Waals surface area contributed by atoms with Gasteiger partial charge >= 0.3 is 12.5 Å². The fraction of sp³-hybridized carbons (Fsp3) is 0.250. The highest BCUT2D eigenvalue weighted by atomic mass is 19.4. The summed E-state index contributed by atoms with van der Waals surface area (Å²) >= 11 is 0. The molecule has 3 aromatic carbocycles. The van der Waals surface area contributed by atoms with E-state index in [0.29, 0.717) is 12.1 Å². The van der Waals surface area contributed by atoms with Gasteiger partial charge in [0.05, 0.1) is 18.3 Å². The molecule has 1 unspecified atom stereocenters. The second kappa shape index (κ2) is 9.69. The number of ether oxygens (including phenoxy) is 2. The minimum absolute atomic E-state index is 0.00871. The lowest BCUT2D eigenvalue weighted by atomic mass is 9.98. The molecule has 1 heterocycles. The number of halogens is 9. The van der Waals surface area contributed by atoms with Crippen molar-refractivity contribution in [3.63, 3.8) is 0 Å². The molecule has 0 bridgehead atoms. The van der Waals surface area contributed by atoms with Crippen molar-refractivity contribution in [1.82, 2.24) is 0 Å². The van der Waals surface area contributed by atoms with Gasteiger partial charge in [-0.3, -0.25) is 0 Å². The summed E-state index contributed by atoms with van der Waals surface area (Å²) in [5.41, 5.74) is -0.145. The molecule has 13 heteroatoms. The van der Waals surface area contributed by atoms with E-state index in [2.05, 4.69) is 4.74 Å². The molecule has 2 atom stereocenters. The van der Waals surface area contributed by atoms with E-state index in [1.165, 1.54) is 30.3 Å². The summed E-state index contributed by atoms with van der Waals surface area (Å²) in [6, 6.07) is 8.70. The average Bonchev–Trinajstić information content (AvgIpc) is 2.80. The molecule has 1 aliphatic rings. The van der Waals surface area contributed by atoms with Crippen LogP contribution in [0.2, 0.25) is 0 Å². The van der Waals surface area contributed by atoms with E-state index in [-0.39, 0.29) is 28.1 Å². The zero-order chi connectivity index (χ0) is 27.1. The van der Waals surface area contributed by atoms with Gasteiger partial charge in [0.1, 0.15) is 12.4 Å². The number of aliphatic hydroxyl groups excluding tert-OH is 1. The second-order valence-corrected chi connectivity index (χ2v) is 8.06. The number of alkyl halides is 6. The van der Waals surface area contributed by atoms with Crippen LogP contribution in [0.4, 0.5) is 45.2 Å².